The molecular weight excluding hydrogens is 255 g/mol. The number of nitro groups is 1. The van der Waals surface area contributed by atoms with Gasteiger partial charge in [-0.25, -0.2) is 4.39 Å². The number of pyridine rings is 1. The van der Waals surface area contributed by atoms with Gasteiger partial charge in [-0.15, -0.1) is 0 Å². The lowest BCUT2D eigenvalue weighted by Gasteiger charge is -2.06. The van der Waals surface area contributed by atoms with Crippen molar-refractivity contribution in [3.05, 3.63) is 58.2 Å². The second kappa shape index (κ2) is 5.21. The Morgan fingerprint density at radius 2 is 2.11 bits per heavy atom. The van der Waals surface area contributed by atoms with Gasteiger partial charge >= 0.3 is 0 Å². The van der Waals surface area contributed by atoms with Crippen molar-refractivity contribution in [1.29, 1.82) is 0 Å². The zero-order chi connectivity index (χ0) is 13.8. The van der Waals surface area contributed by atoms with Gasteiger partial charge in [-0.1, -0.05) is 0 Å². The molecule has 1 aromatic carbocycles. The van der Waals surface area contributed by atoms with Gasteiger partial charge in [0.25, 0.3) is 5.69 Å². The molecule has 1 aromatic heterocycles. The number of benzene rings is 1. The Kier molecular flexibility index (Phi) is 3.46. The lowest BCUT2D eigenvalue weighted by molar-refractivity contribution is -0.385. The van der Waals surface area contributed by atoms with Crippen LogP contribution in [0.25, 0.3) is 0 Å². The predicted octanol–water partition coefficient (Wildman–Crippen LogP) is 2.73. The molecule has 0 aliphatic rings. The fraction of sp³-hybridized carbons (Fsp3) is 0. The summed E-state index contributed by atoms with van der Waals surface area (Å²) in [6, 6.07) is 4.39. The second-order valence-electron chi connectivity index (χ2n) is 3.55. The van der Waals surface area contributed by atoms with Crippen LogP contribution in [0.5, 0.6) is 11.5 Å². The molecule has 2 aromatic rings. The minimum atomic E-state index is -0.870. The highest BCUT2D eigenvalue weighted by Crippen LogP contribution is 2.27. The van der Waals surface area contributed by atoms with Gasteiger partial charge in [0.2, 0.25) is 0 Å². The molecule has 2 rings (SSSR count). The van der Waals surface area contributed by atoms with Crippen molar-refractivity contribution in [2.75, 3.05) is 0 Å². The topological polar surface area (TPSA) is 82.3 Å². The summed E-state index contributed by atoms with van der Waals surface area (Å²) in [5, 5.41) is 10.5. The summed E-state index contributed by atoms with van der Waals surface area (Å²) in [6.45, 7) is 0. The molecule has 0 atom stereocenters. The fourth-order valence-electron chi connectivity index (χ4n) is 1.37. The summed E-state index contributed by atoms with van der Waals surface area (Å²) in [5.74, 6) is -0.890. The smallest absolute Gasteiger partial charge is 0.272 e. The van der Waals surface area contributed by atoms with Crippen molar-refractivity contribution in [1.82, 2.24) is 4.98 Å². The fourth-order valence-corrected chi connectivity index (χ4v) is 1.37. The number of ether oxygens (including phenoxy) is 1. The van der Waals surface area contributed by atoms with Gasteiger partial charge in [-0.05, 0) is 12.1 Å². The van der Waals surface area contributed by atoms with Gasteiger partial charge in [-0.2, -0.15) is 0 Å². The van der Waals surface area contributed by atoms with Crippen molar-refractivity contribution >= 4 is 12.0 Å². The van der Waals surface area contributed by atoms with E-state index in [4.69, 9.17) is 4.74 Å². The normalized spacial score (nSPS) is 9.95. The molecule has 96 valence electrons. The quantitative estimate of drug-likeness (QED) is 0.480. The van der Waals surface area contributed by atoms with E-state index in [1.54, 1.807) is 0 Å². The maximum atomic E-state index is 13.6. The number of carbonyl (C=O) groups is 1. The van der Waals surface area contributed by atoms with E-state index in [-0.39, 0.29) is 22.7 Å². The molecule has 0 radical (unpaired) electrons. The minimum Gasteiger partial charge on any atom is -0.453 e. The molecule has 0 fully saturated rings. The number of non-ortho nitro benzene ring substituents is 1. The Labute approximate surface area is 106 Å². The molecule has 0 saturated heterocycles. The van der Waals surface area contributed by atoms with Crippen LogP contribution in [0.3, 0.4) is 0 Å². The zero-order valence-electron chi connectivity index (χ0n) is 9.45. The van der Waals surface area contributed by atoms with Gasteiger partial charge in [0.1, 0.15) is 5.75 Å². The number of nitrogens with zero attached hydrogens (tertiary/aromatic N) is 2. The van der Waals surface area contributed by atoms with Gasteiger partial charge in [-0.3, -0.25) is 19.9 Å². The van der Waals surface area contributed by atoms with Crippen molar-refractivity contribution in [3.63, 3.8) is 0 Å². The largest absolute Gasteiger partial charge is 0.453 e. The van der Waals surface area contributed by atoms with Crippen molar-refractivity contribution in [2.24, 2.45) is 0 Å². The van der Waals surface area contributed by atoms with Gasteiger partial charge < -0.3 is 4.74 Å². The molecule has 0 aliphatic carbocycles. The van der Waals surface area contributed by atoms with Crippen molar-refractivity contribution in [2.45, 2.75) is 0 Å². The Balaban J connectivity index is 2.28. The number of aromatic nitrogens is 1. The average molecular weight is 262 g/mol. The molecule has 1 heterocycles. The summed E-state index contributed by atoms with van der Waals surface area (Å²) in [5.41, 5.74) is -0.0931. The lowest BCUT2D eigenvalue weighted by atomic mass is 10.3. The highest BCUT2D eigenvalue weighted by atomic mass is 19.1. The van der Waals surface area contributed by atoms with E-state index in [9.17, 15) is 19.3 Å². The first-order chi connectivity index (χ1) is 9.10. The monoisotopic (exact) mass is 262 g/mol. The van der Waals surface area contributed by atoms with E-state index in [0.29, 0.717) is 6.29 Å². The molecule has 0 amide bonds. The van der Waals surface area contributed by atoms with E-state index in [1.807, 2.05) is 0 Å². The second-order valence-corrected chi connectivity index (χ2v) is 3.55. The van der Waals surface area contributed by atoms with E-state index in [0.717, 1.165) is 18.2 Å². The van der Waals surface area contributed by atoms with Crippen molar-refractivity contribution < 1.29 is 18.8 Å². The summed E-state index contributed by atoms with van der Waals surface area (Å²) < 4.78 is 18.7. The summed E-state index contributed by atoms with van der Waals surface area (Å²) in [6.07, 6.45) is 3.20. The first-order valence-corrected chi connectivity index (χ1v) is 5.12. The standard InChI is InChI=1S/C12H7FN2O4/c13-11-4-9(15(17)18)1-2-12(11)19-10-3-8(7-16)5-14-6-10/h1-7H. The first-order valence-electron chi connectivity index (χ1n) is 5.12. The van der Waals surface area contributed by atoms with Gasteiger partial charge in [0, 0.05) is 17.8 Å². The number of carbonyl (C=O) groups excluding carboxylic acids is 1. The lowest BCUT2D eigenvalue weighted by Crippen LogP contribution is -1.93. The number of nitro benzene ring substituents is 1. The molecule has 0 unspecified atom stereocenters. The van der Waals surface area contributed by atoms with E-state index < -0.39 is 10.7 Å². The highest BCUT2D eigenvalue weighted by molar-refractivity contribution is 5.74. The Morgan fingerprint density at radius 1 is 1.32 bits per heavy atom. The van der Waals surface area contributed by atoms with Gasteiger partial charge in [0.05, 0.1) is 17.2 Å². The zero-order valence-corrected chi connectivity index (χ0v) is 9.45. The maximum absolute atomic E-state index is 13.6. The predicted molar refractivity (Wildman–Crippen MR) is 62.8 cm³/mol. The minimum absolute atomic E-state index is 0.164. The molecule has 6 nitrogen and oxygen atoms in total. The van der Waals surface area contributed by atoms with E-state index >= 15 is 0 Å². The van der Waals surface area contributed by atoms with Crippen LogP contribution >= 0.6 is 0 Å². The van der Waals surface area contributed by atoms with Crippen LogP contribution in [-0.4, -0.2) is 16.2 Å². The van der Waals surface area contributed by atoms with Crippen LogP contribution < -0.4 is 4.74 Å². The number of halogens is 1. The van der Waals surface area contributed by atoms with Gasteiger partial charge in [0.15, 0.2) is 17.9 Å². The molecule has 7 heteroatoms. The first kappa shape index (κ1) is 12.6. The van der Waals surface area contributed by atoms with E-state index in [1.165, 1.54) is 18.5 Å². The molecule has 0 N–H and O–H groups in total. The van der Waals surface area contributed by atoms with Crippen LogP contribution in [0.15, 0.2) is 36.7 Å². The number of hydrogen-bond acceptors (Lipinski definition) is 5. The van der Waals surface area contributed by atoms with Crippen LogP contribution in [0.2, 0.25) is 0 Å². The van der Waals surface area contributed by atoms with Crippen LogP contribution in [0, 0.1) is 15.9 Å². The molecule has 0 spiro atoms. The molecule has 0 aliphatic heterocycles. The Bertz CT molecular complexity index is 645. The summed E-state index contributed by atoms with van der Waals surface area (Å²) in [4.78, 5) is 24.0. The number of rotatable bonds is 4. The third-order valence-electron chi connectivity index (χ3n) is 2.22. The SMILES string of the molecule is O=Cc1cncc(Oc2ccc([N+](=O)[O-])cc2F)c1. The number of hydrogen-bond donors (Lipinski definition) is 0. The van der Waals surface area contributed by atoms with Crippen LogP contribution in [0.4, 0.5) is 10.1 Å². The third-order valence-corrected chi connectivity index (χ3v) is 2.22. The van der Waals surface area contributed by atoms with Crippen molar-refractivity contribution in [3.8, 4) is 11.5 Å². The molecule has 19 heavy (non-hydrogen) atoms. The summed E-state index contributed by atoms with van der Waals surface area (Å²) in [7, 11) is 0. The average Bonchev–Trinajstić information content (AvgIpc) is 2.41. The Morgan fingerprint density at radius 3 is 2.74 bits per heavy atom. The number of aldehydes is 1. The van der Waals surface area contributed by atoms with Crippen LogP contribution in [-0.2, 0) is 0 Å². The Hall–Kier alpha value is -2.83. The van der Waals surface area contributed by atoms with Crippen LogP contribution in [0.1, 0.15) is 10.4 Å². The highest BCUT2D eigenvalue weighted by Gasteiger charge is 2.12. The molecular formula is C12H7FN2O4. The maximum Gasteiger partial charge on any atom is 0.272 e. The third kappa shape index (κ3) is 2.89. The van der Waals surface area contributed by atoms with E-state index in [2.05, 4.69) is 4.98 Å². The summed E-state index contributed by atoms with van der Waals surface area (Å²) >= 11 is 0. The molecule has 0 bridgehead atoms. The molecule has 0 saturated carbocycles.